The predicted molar refractivity (Wildman–Crippen MR) is 157 cm³/mol. The fourth-order valence-corrected chi connectivity index (χ4v) is 7.57. The molecule has 2 unspecified atom stereocenters. The quantitative estimate of drug-likeness (QED) is 0.362. The van der Waals surface area contributed by atoms with Crippen molar-refractivity contribution in [2.24, 2.45) is 23.2 Å². The van der Waals surface area contributed by atoms with Crippen LogP contribution in [-0.4, -0.2) is 36.5 Å². The molecule has 5 heteroatoms. The first-order valence-corrected chi connectivity index (χ1v) is 14.6. The fourth-order valence-electron chi connectivity index (χ4n) is 7.57. The molecule has 0 spiro atoms. The lowest BCUT2D eigenvalue weighted by Gasteiger charge is -2.52. The number of carbonyl (C=O) groups excluding carboxylic acids is 1. The highest BCUT2D eigenvalue weighted by atomic mass is 16.1. The van der Waals surface area contributed by atoms with Gasteiger partial charge in [-0.2, -0.15) is 0 Å². The molecular weight excluding hydrogens is 456 g/mol. The Balaban J connectivity index is 0.00000156. The summed E-state index contributed by atoms with van der Waals surface area (Å²) >= 11 is 0. The van der Waals surface area contributed by atoms with Crippen molar-refractivity contribution in [1.82, 2.24) is 4.90 Å². The number of para-hydroxylation sites is 2. The minimum atomic E-state index is -0.140. The Kier molecular flexibility index (Phi) is 9.17. The number of benzene rings is 2. The standard InChI is InChI=1S/C30H42N4O.C2H6/c1-21-15-23-16-22(2)18-30(17-21,19-23)20-34-13-11-26(12-14-34)32-25-9-7-24(8-10-25)29(35)33-28-6-4-3-5-27(28)31;1-2/h3-10,21-23,26,32H,11-20,31H2,1-2H3,(H,33,35);1-2H3. The van der Waals surface area contributed by atoms with Gasteiger partial charge in [0.15, 0.2) is 0 Å². The second kappa shape index (κ2) is 12.3. The zero-order valence-corrected chi connectivity index (χ0v) is 23.4. The van der Waals surface area contributed by atoms with Crippen LogP contribution in [0.25, 0.3) is 0 Å². The number of carbonyl (C=O) groups is 1. The summed E-state index contributed by atoms with van der Waals surface area (Å²) in [5, 5.41) is 6.60. The number of nitrogens with zero attached hydrogens (tertiary/aromatic N) is 1. The first kappa shape index (κ1) is 27.5. The Morgan fingerprint density at radius 1 is 0.946 bits per heavy atom. The summed E-state index contributed by atoms with van der Waals surface area (Å²) in [6, 6.07) is 15.6. The zero-order chi connectivity index (χ0) is 26.4. The molecule has 5 nitrogen and oxygen atoms in total. The molecule has 0 aromatic heterocycles. The number of nitrogen functional groups attached to an aromatic ring is 1. The molecule has 2 aromatic rings. The van der Waals surface area contributed by atoms with Crippen molar-refractivity contribution >= 4 is 23.0 Å². The SMILES string of the molecule is CC.CC1CC2CC(C)CC(CN3CCC(Nc4ccc(C(=O)Nc5ccccc5N)cc4)CC3)(C1)C2. The Morgan fingerprint density at radius 3 is 2.19 bits per heavy atom. The van der Waals surface area contributed by atoms with Gasteiger partial charge in [0, 0.05) is 36.9 Å². The molecule has 2 saturated carbocycles. The molecular formula is C32H48N4O. The lowest BCUT2D eigenvalue weighted by Crippen LogP contribution is -2.49. The minimum absolute atomic E-state index is 0.140. The van der Waals surface area contributed by atoms with Crippen molar-refractivity contribution < 1.29 is 4.79 Å². The van der Waals surface area contributed by atoms with E-state index in [1.54, 1.807) is 6.07 Å². The van der Waals surface area contributed by atoms with Crippen molar-refractivity contribution in [1.29, 1.82) is 0 Å². The van der Waals surface area contributed by atoms with E-state index < -0.39 is 0 Å². The van der Waals surface area contributed by atoms with Crippen LogP contribution in [0.4, 0.5) is 17.1 Å². The molecule has 1 amide bonds. The number of likely N-dealkylation sites (tertiary alicyclic amines) is 1. The number of fused-ring (bicyclic) bond motifs is 2. The molecule has 2 atom stereocenters. The van der Waals surface area contributed by atoms with E-state index in [0.29, 0.717) is 28.4 Å². The van der Waals surface area contributed by atoms with Gasteiger partial charge in [0.05, 0.1) is 11.4 Å². The third-order valence-corrected chi connectivity index (χ3v) is 8.63. The summed E-state index contributed by atoms with van der Waals surface area (Å²) in [6.45, 7) is 12.6. The first-order valence-electron chi connectivity index (χ1n) is 14.6. The van der Waals surface area contributed by atoms with E-state index >= 15 is 0 Å². The molecule has 4 N–H and O–H groups in total. The van der Waals surface area contributed by atoms with E-state index in [4.69, 9.17) is 5.73 Å². The maximum absolute atomic E-state index is 12.6. The molecule has 1 aliphatic heterocycles. The second-order valence-corrected chi connectivity index (χ2v) is 12.0. The largest absolute Gasteiger partial charge is 0.397 e. The van der Waals surface area contributed by atoms with E-state index in [9.17, 15) is 4.79 Å². The Morgan fingerprint density at radius 2 is 1.57 bits per heavy atom. The van der Waals surface area contributed by atoms with Gasteiger partial charge in [-0.1, -0.05) is 39.8 Å². The topological polar surface area (TPSA) is 70.4 Å². The number of hydrogen-bond acceptors (Lipinski definition) is 4. The van der Waals surface area contributed by atoms with Gasteiger partial charge in [0.1, 0.15) is 0 Å². The monoisotopic (exact) mass is 504 g/mol. The Bertz CT molecular complexity index is 992. The van der Waals surface area contributed by atoms with Crippen molar-refractivity contribution in [2.75, 3.05) is 36.0 Å². The molecule has 3 aliphatic rings. The Labute approximate surface area is 224 Å². The van der Waals surface area contributed by atoms with Gasteiger partial charge in [-0.3, -0.25) is 4.79 Å². The summed E-state index contributed by atoms with van der Waals surface area (Å²) < 4.78 is 0. The number of piperidine rings is 1. The first-order chi connectivity index (χ1) is 17.9. The van der Waals surface area contributed by atoms with Crippen LogP contribution >= 0.6 is 0 Å². The molecule has 37 heavy (non-hydrogen) atoms. The van der Waals surface area contributed by atoms with Crippen LogP contribution in [0.1, 0.15) is 83.0 Å². The minimum Gasteiger partial charge on any atom is -0.397 e. The summed E-state index contributed by atoms with van der Waals surface area (Å²) in [5.74, 6) is 2.63. The number of amides is 1. The van der Waals surface area contributed by atoms with E-state index in [2.05, 4.69) is 29.4 Å². The maximum Gasteiger partial charge on any atom is 0.255 e. The van der Waals surface area contributed by atoms with E-state index in [-0.39, 0.29) is 5.91 Å². The van der Waals surface area contributed by atoms with Crippen LogP contribution in [-0.2, 0) is 0 Å². The smallest absolute Gasteiger partial charge is 0.255 e. The van der Waals surface area contributed by atoms with Crippen LogP contribution < -0.4 is 16.4 Å². The maximum atomic E-state index is 12.6. The van der Waals surface area contributed by atoms with Gasteiger partial charge < -0.3 is 21.3 Å². The van der Waals surface area contributed by atoms with E-state index in [1.807, 2.05) is 56.3 Å². The predicted octanol–water partition coefficient (Wildman–Crippen LogP) is 7.28. The average Bonchev–Trinajstić information content (AvgIpc) is 2.87. The number of nitrogens with two attached hydrogens (primary N) is 1. The molecule has 202 valence electrons. The molecule has 1 heterocycles. The van der Waals surface area contributed by atoms with Crippen LogP contribution in [0.5, 0.6) is 0 Å². The van der Waals surface area contributed by atoms with E-state index in [1.165, 1.54) is 64.6 Å². The van der Waals surface area contributed by atoms with Crippen molar-refractivity contribution in [3.8, 4) is 0 Å². The normalized spacial score (nSPS) is 28.1. The molecule has 1 saturated heterocycles. The molecule has 2 aromatic carbocycles. The van der Waals surface area contributed by atoms with Crippen LogP contribution in [0, 0.1) is 23.2 Å². The molecule has 2 aliphatic carbocycles. The van der Waals surface area contributed by atoms with Gasteiger partial charge in [-0.25, -0.2) is 0 Å². The third-order valence-electron chi connectivity index (χ3n) is 8.63. The van der Waals surface area contributed by atoms with Gasteiger partial charge in [-0.15, -0.1) is 0 Å². The third kappa shape index (κ3) is 7.07. The van der Waals surface area contributed by atoms with Crippen molar-refractivity contribution in [2.45, 2.75) is 78.7 Å². The molecule has 3 fully saturated rings. The van der Waals surface area contributed by atoms with Gasteiger partial charge in [0.25, 0.3) is 5.91 Å². The molecule has 5 rings (SSSR count). The van der Waals surface area contributed by atoms with Gasteiger partial charge in [-0.05, 0) is 105 Å². The second-order valence-electron chi connectivity index (χ2n) is 12.0. The highest BCUT2D eigenvalue weighted by molar-refractivity contribution is 6.05. The number of rotatable bonds is 6. The average molecular weight is 505 g/mol. The van der Waals surface area contributed by atoms with E-state index in [0.717, 1.165) is 23.4 Å². The fraction of sp³-hybridized carbons (Fsp3) is 0.594. The lowest BCUT2D eigenvalue weighted by atomic mass is 9.56. The summed E-state index contributed by atoms with van der Waals surface area (Å²) in [5.41, 5.74) is 9.45. The number of hydrogen-bond donors (Lipinski definition) is 3. The Hall–Kier alpha value is -2.53. The number of nitrogens with one attached hydrogen (secondary N) is 2. The van der Waals surface area contributed by atoms with Crippen molar-refractivity contribution in [3.05, 3.63) is 54.1 Å². The van der Waals surface area contributed by atoms with Gasteiger partial charge in [0.2, 0.25) is 0 Å². The van der Waals surface area contributed by atoms with Crippen LogP contribution in [0.3, 0.4) is 0 Å². The number of anilines is 3. The summed E-state index contributed by atoms with van der Waals surface area (Å²) in [4.78, 5) is 15.3. The lowest BCUT2D eigenvalue weighted by molar-refractivity contribution is -0.0138. The van der Waals surface area contributed by atoms with Crippen LogP contribution in [0.2, 0.25) is 0 Å². The summed E-state index contributed by atoms with van der Waals surface area (Å²) in [7, 11) is 0. The molecule has 0 radical (unpaired) electrons. The van der Waals surface area contributed by atoms with Crippen LogP contribution in [0.15, 0.2) is 48.5 Å². The zero-order valence-electron chi connectivity index (χ0n) is 23.4. The van der Waals surface area contributed by atoms with Crippen molar-refractivity contribution in [3.63, 3.8) is 0 Å². The molecule has 2 bridgehead atoms. The summed E-state index contributed by atoms with van der Waals surface area (Å²) in [6.07, 6.45) is 9.61. The highest BCUT2D eigenvalue weighted by Crippen LogP contribution is 2.53. The highest BCUT2D eigenvalue weighted by Gasteiger charge is 2.45. The van der Waals surface area contributed by atoms with Gasteiger partial charge >= 0.3 is 0 Å².